The smallest absolute Gasteiger partial charge is 0.478 e. The van der Waals surface area contributed by atoms with E-state index in [2.05, 4.69) is 25.3 Å². The molecule has 0 radical (unpaired) electrons. The molecule has 1 amide bonds. The zero-order valence-electron chi connectivity index (χ0n) is 20.0. The summed E-state index contributed by atoms with van der Waals surface area (Å²) in [5.74, 6) is -0.456. The number of phosphoric acid groups is 2. The van der Waals surface area contributed by atoms with Gasteiger partial charge in [0.2, 0.25) is 0 Å². The lowest BCUT2D eigenvalue weighted by Gasteiger charge is -2.45. The second-order valence-electron chi connectivity index (χ2n) is 8.75. The Labute approximate surface area is 211 Å². The van der Waals surface area contributed by atoms with Crippen molar-refractivity contribution in [1.29, 1.82) is 0 Å². The molecule has 0 aliphatic carbocycles. The molecule has 0 aromatic carbocycles. The highest BCUT2D eigenvalue weighted by Gasteiger charge is 2.48. The van der Waals surface area contributed by atoms with E-state index in [1.807, 2.05) is 0 Å². The number of amides is 1. The van der Waals surface area contributed by atoms with E-state index in [9.17, 15) is 44.1 Å². The Bertz CT molecular complexity index is 997. The zero-order chi connectivity index (χ0) is 27.9. The summed E-state index contributed by atoms with van der Waals surface area (Å²) in [7, 11) is -8.03. The highest BCUT2D eigenvalue weighted by Crippen LogP contribution is 2.59. The van der Waals surface area contributed by atoms with Gasteiger partial charge in [-0.15, -0.1) is 0 Å². The second kappa shape index (κ2) is 11.5. The number of hydrogen-bond donors (Lipinski definition) is 6. The van der Waals surface area contributed by atoms with Crippen molar-refractivity contribution in [1.82, 2.24) is 15.1 Å². The third-order valence-corrected chi connectivity index (χ3v) is 8.39. The van der Waals surface area contributed by atoms with Crippen molar-refractivity contribution in [3.63, 3.8) is 0 Å². The first-order chi connectivity index (χ1) is 17.0. The predicted octanol–water partition coefficient (Wildman–Crippen LogP) is -3.13. The molecule has 6 N–H and O–H groups in total. The van der Waals surface area contributed by atoms with Crippen LogP contribution in [-0.4, -0.2) is 117 Å². The summed E-state index contributed by atoms with van der Waals surface area (Å²) in [6, 6.07) is -0.995. The molecule has 0 spiro atoms. The molecule has 0 aromatic rings. The van der Waals surface area contributed by atoms with Crippen LogP contribution in [0.5, 0.6) is 0 Å². The Morgan fingerprint density at radius 1 is 1.16 bits per heavy atom. The summed E-state index contributed by atoms with van der Waals surface area (Å²) in [5, 5.41) is 43.5. The highest BCUT2D eigenvalue weighted by molar-refractivity contribution is 7.60. The number of carbonyl (C=O) groups excluding carboxylic acids is 1. The molecule has 212 valence electrons. The Morgan fingerprint density at radius 3 is 2.41 bits per heavy atom. The van der Waals surface area contributed by atoms with Crippen LogP contribution in [0.2, 0.25) is 0 Å². The van der Waals surface area contributed by atoms with Crippen LogP contribution in [0.1, 0.15) is 6.92 Å². The fourth-order valence-electron chi connectivity index (χ4n) is 4.00. The lowest BCUT2D eigenvalue weighted by atomic mass is 9.96. The number of rotatable bonds is 9. The van der Waals surface area contributed by atoms with Gasteiger partial charge in [0.05, 0.1) is 24.9 Å². The number of aliphatic hydroxyl groups is 4. The normalized spacial score (nSPS) is 39.9. The van der Waals surface area contributed by atoms with E-state index < -0.39 is 83.3 Å². The van der Waals surface area contributed by atoms with Crippen molar-refractivity contribution in [3.05, 3.63) is 24.7 Å². The SMILES string of the molecule is C=C1NC(=O)C=CN1[C@@H]1O[C@H](COP(=O)(O)OP(=O)([O-])O[C@@H]2OC(C)[C@H](O)[C@H](N(C)C)C2O)C(O)[C@@H]1O. The third kappa shape index (κ3) is 7.03. The molecule has 3 rings (SSSR count). The van der Waals surface area contributed by atoms with Gasteiger partial charge in [-0.3, -0.25) is 18.4 Å². The zero-order valence-corrected chi connectivity index (χ0v) is 21.8. The van der Waals surface area contributed by atoms with Crippen LogP contribution >= 0.6 is 15.6 Å². The molecule has 3 aliphatic rings. The number of nitrogens with one attached hydrogen (secondary N) is 1. The Morgan fingerprint density at radius 2 is 1.81 bits per heavy atom. The quantitative estimate of drug-likeness (QED) is 0.149. The molecule has 0 bridgehead atoms. The standard InChI is InChI=1S/C18H31N3O14P2/c1-8-13(23)12(20(3)4)15(25)18(32-8)34-37(29,30)35-36(27,28)31-7-10-14(24)16(26)17(33-10)21-6-5-11(22)19-9(21)2/h5-6,8,10,12-18,23-26H,2,7H2,1,3-4H3,(H,19,22)(H,27,28)(H,29,30)/p-1/t8?,10-,12+,13+,14?,15?,16+,17-,18+/m1/s1. The van der Waals surface area contributed by atoms with Gasteiger partial charge in [-0.2, -0.15) is 0 Å². The van der Waals surface area contributed by atoms with E-state index in [0.717, 1.165) is 6.08 Å². The third-order valence-electron chi connectivity index (χ3n) is 5.82. The fourth-order valence-corrected chi connectivity index (χ4v) is 6.11. The number of likely N-dealkylation sites (N-methyl/N-ethyl adjacent to an activating group) is 1. The molecule has 2 fully saturated rings. The Hall–Kier alpha value is -1.27. The van der Waals surface area contributed by atoms with Crippen LogP contribution in [0.4, 0.5) is 0 Å². The minimum absolute atomic E-state index is 0.0244. The number of aliphatic hydroxyl groups excluding tert-OH is 4. The molecule has 19 heteroatoms. The first kappa shape index (κ1) is 30.3. The maximum atomic E-state index is 12.3. The van der Waals surface area contributed by atoms with Crippen molar-refractivity contribution in [2.24, 2.45) is 0 Å². The van der Waals surface area contributed by atoms with Crippen LogP contribution in [0, 0.1) is 0 Å². The number of phosphoric ester groups is 2. The molecule has 0 saturated carbocycles. The summed E-state index contributed by atoms with van der Waals surface area (Å²) in [4.78, 5) is 36.2. The minimum atomic E-state index is -5.65. The first-order valence-electron chi connectivity index (χ1n) is 10.9. The monoisotopic (exact) mass is 574 g/mol. The van der Waals surface area contributed by atoms with Crippen molar-refractivity contribution in [2.75, 3.05) is 20.7 Å². The van der Waals surface area contributed by atoms with Gasteiger partial charge in [-0.1, -0.05) is 6.58 Å². The molecule has 11 atom stereocenters. The van der Waals surface area contributed by atoms with Crippen molar-refractivity contribution < 1.29 is 67.0 Å². The van der Waals surface area contributed by atoms with Crippen molar-refractivity contribution in [2.45, 2.75) is 62.1 Å². The van der Waals surface area contributed by atoms with Gasteiger partial charge in [0.15, 0.2) is 12.5 Å². The molecule has 5 unspecified atom stereocenters. The summed E-state index contributed by atoms with van der Waals surface area (Å²) < 4.78 is 48.6. The number of carbonyl (C=O) groups is 1. The van der Waals surface area contributed by atoms with Gasteiger partial charge in [0.25, 0.3) is 13.7 Å². The molecule has 3 aliphatic heterocycles. The predicted molar refractivity (Wildman–Crippen MR) is 118 cm³/mol. The van der Waals surface area contributed by atoms with E-state index in [1.165, 1.54) is 37.0 Å². The van der Waals surface area contributed by atoms with Crippen LogP contribution in [-0.2, 0) is 36.8 Å². The van der Waals surface area contributed by atoms with Gasteiger partial charge in [-0.05, 0) is 21.0 Å². The fraction of sp³-hybridized carbons (Fsp3) is 0.722. The molecule has 37 heavy (non-hydrogen) atoms. The molecular formula is C18H30N3O14P2-. The van der Waals surface area contributed by atoms with E-state index in [0.29, 0.717) is 0 Å². The van der Waals surface area contributed by atoms with Crippen molar-refractivity contribution >= 4 is 21.6 Å². The minimum Gasteiger partial charge on any atom is -0.756 e. The van der Waals surface area contributed by atoms with Crippen molar-refractivity contribution in [3.8, 4) is 0 Å². The van der Waals surface area contributed by atoms with E-state index in [-0.39, 0.29) is 5.82 Å². The van der Waals surface area contributed by atoms with Gasteiger partial charge in [0, 0.05) is 12.3 Å². The molecule has 17 nitrogen and oxygen atoms in total. The van der Waals surface area contributed by atoms with Crippen LogP contribution in [0.3, 0.4) is 0 Å². The second-order valence-corrected chi connectivity index (χ2v) is 11.7. The number of hydrogen-bond acceptors (Lipinski definition) is 15. The lowest BCUT2D eigenvalue weighted by Crippen LogP contribution is -2.62. The topological polar surface area (TPSA) is 240 Å². The first-order valence-corrected chi connectivity index (χ1v) is 13.8. The maximum Gasteiger partial charge on any atom is 0.478 e. The molecule has 0 aromatic heterocycles. The average Bonchev–Trinajstić information content (AvgIpc) is 3.03. The Balaban J connectivity index is 1.59. The van der Waals surface area contributed by atoms with Crippen LogP contribution < -0.4 is 10.2 Å². The van der Waals surface area contributed by atoms with E-state index >= 15 is 0 Å². The molecule has 2 saturated heterocycles. The summed E-state index contributed by atoms with van der Waals surface area (Å²) in [6.07, 6.45) is -9.32. The van der Waals surface area contributed by atoms with E-state index in [4.69, 9.17) is 9.47 Å². The highest BCUT2D eigenvalue weighted by atomic mass is 31.3. The van der Waals surface area contributed by atoms with Gasteiger partial charge >= 0.3 is 7.82 Å². The summed E-state index contributed by atoms with van der Waals surface area (Å²) in [6.45, 7) is 4.08. The maximum absolute atomic E-state index is 12.3. The molecule has 3 heterocycles. The number of ether oxygens (including phenoxy) is 2. The molecular weight excluding hydrogens is 544 g/mol. The van der Waals surface area contributed by atoms with Crippen LogP contribution in [0.15, 0.2) is 24.7 Å². The largest absolute Gasteiger partial charge is 0.756 e. The summed E-state index contributed by atoms with van der Waals surface area (Å²) >= 11 is 0. The Kier molecular flexibility index (Phi) is 9.37. The van der Waals surface area contributed by atoms with Gasteiger partial charge in [0.1, 0.15) is 30.2 Å². The van der Waals surface area contributed by atoms with Gasteiger partial charge in [-0.25, -0.2) is 8.88 Å². The average molecular weight is 574 g/mol. The van der Waals surface area contributed by atoms with Gasteiger partial charge < -0.3 is 54.8 Å². The number of nitrogens with zero attached hydrogens (tertiary/aromatic N) is 2. The van der Waals surface area contributed by atoms with Crippen LogP contribution in [0.25, 0.3) is 0 Å². The summed E-state index contributed by atoms with van der Waals surface area (Å²) in [5.41, 5.74) is 0. The lowest BCUT2D eigenvalue weighted by molar-refractivity contribution is -0.287. The van der Waals surface area contributed by atoms with E-state index in [1.54, 1.807) is 0 Å².